The van der Waals surface area contributed by atoms with Gasteiger partial charge in [0.25, 0.3) is 5.91 Å². The Bertz CT molecular complexity index is 917. The van der Waals surface area contributed by atoms with Gasteiger partial charge in [-0.05, 0) is 31.2 Å². The Labute approximate surface area is 183 Å². The number of hydrogen-bond donors (Lipinski definition) is 0. The monoisotopic (exact) mass is 430 g/mol. The molecular weight excluding hydrogens is 400 g/mol. The van der Waals surface area contributed by atoms with Crippen molar-refractivity contribution in [3.8, 4) is 28.7 Å². The van der Waals surface area contributed by atoms with Gasteiger partial charge in [-0.1, -0.05) is 6.07 Å². The molecule has 0 bridgehead atoms. The van der Waals surface area contributed by atoms with Crippen LogP contribution in [-0.4, -0.2) is 77.6 Å². The van der Waals surface area contributed by atoms with Gasteiger partial charge in [0.2, 0.25) is 0 Å². The molecule has 1 aliphatic heterocycles. The van der Waals surface area contributed by atoms with E-state index < -0.39 is 0 Å². The molecule has 0 saturated carbocycles. The molecular formula is C23H30N2O6. The molecule has 0 aliphatic carbocycles. The first-order chi connectivity index (χ1) is 15.0. The van der Waals surface area contributed by atoms with E-state index in [1.807, 2.05) is 25.2 Å². The van der Waals surface area contributed by atoms with E-state index in [1.54, 1.807) is 45.5 Å². The van der Waals surface area contributed by atoms with Gasteiger partial charge in [0.05, 0.1) is 34.0 Å². The molecule has 1 amide bonds. The molecule has 8 heteroatoms. The smallest absolute Gasteiger partial charge is 0.260 e. The molecule has 3 rings (SSSR count). The first-order valence-electron chi connectivity index (χ1n) is 10.1. The summed E-state index contributed by atoms with van der Waals surface area (Å²) in [5, 5.41) is 0. The third-order valence-electron chi connectivity index (χ3n) is 5.36. The number of carbonyl (C=O) groups is 1. The highest BCUT2D eigenvalue weighted by Gasteiger charge is 2.27. The summed E-state index contributed by atoms with van der Waals surface area (Å²) < 4.78 is 27.0. The second-order valence-electron chi connectivity index (χ2n) is 7.29. The normalized spacial score (nSPS) is 13.0. The fourth-order valence-electron chi connectivity index (χ4n) is 3.45. The van der Waals surface area contributed by atoms with Gasteiger partial charge in [-0.2, -0.15) is 0 Å². The topological polar surface area (TPSA) is 69.7 Å². The lowest BCUT2D eigenvalue weighted by Crippen LogP contribution is -2.43. The molecule has 0 radical (unpaired) electrons. The Morgan fingerprint density at radius 3 is 2.23 bits per heavy atom. The molecule has 0 unspecified atom stereocenters. The van der Waals surface area contributed by atoms with Crippen LogP contribution in [0.1, 0.15) is 15.9 Å². The van der Waals surface area contributed by atoms with E-state index in [0.29, 0.717) is 29.4 Å². The van der Waals surface area contributed by atoms with Crippen molar-refractivity contribution in [2.45, 2.75) is 6.42 Å². The SMILES string of the molecule is COc1ccc(CCN(C)CCN2COc3cc(OC)c(OC)cc3C2=O)cc1OC. The van der Waals surface area contributed by atoms with Crippen molar-refractivity contribution in [2.24, 2.45) is 0 Å². The van der Waals surface area contributed by atoms with Gasteiger partial charge >= 0.3 is 0 Å². The maximum atomic E-state index is 12.9. The largest absolute Gasteiger partial charge is 0.493 e. The predicted molar refractivity (Wildman–Crippen MR) is 117 cm³/mol. The van der Waals surface area contributed by atoms with E-state index in [0.717, 1.165) is 36.6 Å². The van der Waals surface area contributed by atoms with Crippen LogP contribution in [0.2, 0.25) is 0 Å². The number of amides is 1. The minimum atomic E-state index is -0.0736. The average molecular weight is 431 g/mol. The molecule has 0 aromatic heterocycles. The number of ether oxygens (including phenoxy) is 5. The number of likely N-dealkylation sites (N-methyl/N-ethyl adjacent to an activating group) is 1. The average Bonchev–Trinajstić information content (AvgIpc) is 2.81. The summed E-state index contributed by atoms with van der Waals surface area (Å²) in [6.45, 7) is 2.35. The summed E-state index contributed by atoms with van der Waals surface area (Å²) in [5.74, 6) is 2.93. The van der Waals surface area contributed by atoms with Crippen molar-refractivity contribution >= 4 is 5.91 Å². The van der Waals surface area contributed by atoms with Crippen molar-refractivity contribution in [1.29, 1.82) is 0 Å². The van der Waals surface area contributed by atoms with Crippen molar-refractivity contribution < 1.29 is 28.5 Å². The van der Waals surface area contributed by atoms with Crippen LogP contribution in [-0.2, 0) is 6.42 Å². The third kappa shape index (κ3) is 5.14. The number of fused-ring (bicyclic) bond motifs is 1. The van der Waals surface area contributed by atoms with Crippen LogP contribution in [0.15, 0.2) is 30.3 Å². The zero-order valence-electron chi connectivity index (χ0n) is 18.8. The van der Waals surface area contributed by atoms with Crippen molar-refractivity contribution in [2.75, 3.05) is 61.9 Å². The lowest BCUT2D eigenvalue weighted by atomic mass is 10.1. The molecule has 1 heterocycles. The van der Waals surface area contributed by atoms with Crippen LogP contribution in [0.25, 0.3) is 0 Å². The summed E-state index contributed by atoms with van der Waals surface area (Å²) in [7, 11) is 8.40. The molecule has 0 spiro atoms. The molecule has 2 aromatic rings. The Morgan fingerprint density at radius 2 is 1.55 bits per heavy atom. The fourth-order valence-corrected chi connectivity index (χ4v) is 3.45. The highest BCUT2D eigenvalue weighted by Crippen LogP contribution is 2.37. The molecule has 31 heavy (non-hydrogen) atoms. The maximum Gasteiger partial charge on any atom is 0.260 e. The Morgan fingerprint density at radius 1 is 0.903 bits per heavy atom. The number of hydrogen-bond acceptors (Lipinski definition) is 7. The standard InChI is InChI=1S/C23H30N2O6/c1-24(9-8-16-6-7-18(27-2)20(12-16)28-3)10-11-25-15-31-19-14-22(30-5)21(29-4)13-17(19)23(25)26/h6-7,12-14H,8-11,15H2,1-5H3. The Hall–Kier alpha value is -3.13. The zero-order chi connectivity index (χ0) is 22.4. The molecule has 8 nitrogen and oxygen atoms in total. The van der Waals surface area contributed by atoms with Crippen molar-refractivity contribution in [3.05, 3.63) is 41.5 Å². The van der Waals surface area contributed by atoms with Gasteiger partial charge in [0, 0.05) is 31.8 Å². The fraction of sp³-hybridized carbons (Fsp3) is 0.435. The Kier molecular flexibility index (Phi) is 7.46. The van der Waals surface area contributed by atoms with Gasteiger partial charge in [-0.25, -0.2) is 0 Å². The zero-order valence-corrected chi connectivity index (χ0v) is 18.8. The first kappa shape index (κ1) is 22.6. The number of rotatable bonds is 10. The molecule has 0 fully saturated rings. The molecule has 0 saturated heterocycles. The van der Waals surface area contributed by atoms with Gasteiger partial charge in [0.15, 0.2) is 29.7 Å². The second-order valence-corrected chi connectivity index (χ2v) is 7.29. The quantitative estimate of drug-likeness (QED) is 0.574. The summed E-state index contributed by atoms with van der Waals surface area (Å²) in [4.78, 5) is 16.8. The van der Waals surface area contributed by atoms with E-state index in [2.05, 4.69) is 4.90 Å². The molecule has 2 aromatic carbocycles. The lowest BCUT2D eigenvalue weighted by Gasteiger charge is -2.30. The van der Waals surface area contributed by atoms with Gasteiger partial charge < -0.3 is 33.5 Å². The van der Waals surface area contributed by atoms with E-state index in [1.165, 1.54) is 0 Å². The van der Waals surface area contributed by atoms with Crippen LogP contribution < -0.4 is 23.7 Å². The molecule has 168 valence electrons. The van der Waals surface area contributed by atoms with Crippen molar-refractivity contribution in [1.82, 2.24) is 9.80 Å². The third-order valence-corrected chi connectivity index (χ3v) is 5.36. The highest BCUT2D eigenvalue weighted by atomic mass is 16.5. The lowest BCUT2D eigenvalue weighted by molar-refractivity contribution is 0.0497. The summed E-state index contributed by atoms with van der Waals surface area (Å²) in [6.07, 6.45) is 0.862. The number of carbonyl (C=O) groups excluding carboxylic acids is 1. The summed E-state index contributed by atoms with van der Waals surface area (Å²) >= 11 is 0. The summed E-state index contributed by atoms with van der Waals surface area (Å²) in [5.41, 5.74) is 1.65. The van der Waals surface area contributed by atoms with E-state index in [-0.39, 0.29) is 12.6 Å². The number of methoxy groups -OCH3 is 4. The van der Waals surface area contributed by atoms with Crippen LogP contribution in [0.4, 0.5) is 0 Å². The van der Waals surface area contributed by atoms with Crippen LogP contribution in [0.3, 0.4) is 0 Å². The van der Waals surface area contributed by atoms with Crippen LogP contribution in [0, 0.1) is 0 Å². The molecule has 0 atom stereocenters. The number of nitrogens with zero attached hydrogens (tertiary/aromatic N) is 2. The molecule has 1 aliphatic rings. The van der Waals surface area contributed by atoms with E-state index >= 15 is 0 Å². The van der Waals surface area contributed by atoms with Gasteiger partial charge in [-0.15, -0.1) is 0 Å². The van der Waals surface area contributed by atoms with Gasteiger partial charge in [-0.3, -0.25) is 4.79 Å². The van der Waals surface area contributed by atoms with Gasteiger partial charge in [0.1, 0.15) is 5.75 Å². The van der Waals surface area contributed by atoms with E-state index in [9.17, 15) is 4.79 Å². The molecule has 0 N–H and O–H groups in total. The number of benzene rings is 2. The highest BCUT2D eigenvalue weighted by molar-refractivity contribution is 5.98. The Balaban J connectivity index is 1.55. The predicted octanol–water partition coefficient (Wildman–Crippen LogP) is 2.69. The van der Waals surface area contributed by atoms with Crippen LogP contribution >= 0.6 is 0 Å². The summed E-state index contributed by atoms with van der Waals surface area (Å²) in [6, 6.07) is 9.31. The maximum absolute atomic E-state index is 12.9. The first-order valence-corrected chi connectivity index (χ1v) is 10.1. The van der Waals surface area contributed by atoms with E-state index in [4.69, 9.17) is 23.7 Å². The van der Waals surface area contributed by atoms with Crippen molar-refractivity contribution in [3.63, 3.8) is 0 Å². The van der Waals surface area contributed by atoms with Crippen LogP contribution in [0.5, 0.6) is 28.7 Å². The minimum absolute atomic E-state index is 0.0736. The second kappa shape index (κ2) is 10.3. The minimum Gasteiger partial charge on any atom is -0.493 e.